The van der Waals surface area contributed by atoms with Crippen molar-refractivity contribution in [1.82, 2.24) is 14.5 Å². The largest absolute Gasteiger partial charge is 0.496 e. The highest BCUT2D eigenvalue weighted by Gasteiger charge is 2.29. The van der Waals surface area contributed by atoms with Crippen molar-refractivity contribution < 1.29 is 27.5 Å². The highest BCUT2D eigenvalue weighted by atomic mass is 32.2. The number of sulfonamides is 1. The number of nitrogens with one attached hydrogen (secondary N) is 1. The molecule has 1 fully saturated rings. The topological polar surface area (TPSA) is 105 Å². The van der Waals surface area contributed by atoms with E-state index >= 15 is 0 Å². The number of amides is 1. The van der Waals surface area contributed by atoms with E-state index in [0.29, 0.717) is 31.9 Å². The molecule has 33 heavy (non-hydrogen) atoms. The summed E-state index contributed by atoms with van der Waals surface area (Å²) in [5.74, 6) is -0.297. The molecule has 0 atom stereocenters. The molecular formula is C23H29N3O6S. The van der Waals surface area contributed by atoms with E-state index in [1.807, 2.05) is 11.8 Å². The van der Waals surface area contributed by atoms with Crippen LogP contribution in [-0.4, -0.2) is 76.4 Å². The third-order valence-electron chi connectivity index (χ3n) is 5.52. The lowest BCUT2D eigenvalue weighted by molar-refractivity contribution is -0.122. The number of nitrogens with zero attached hydrogens (tertiary/aromatic N) is 2. The summed E-state index contributed by atoms with van der Waals surface area (Å²) < 4.78 is 37.0. The molecule has 2 aromatic rings. The van der Waals surface area contributed by atoms with E-state index in [-0.39, 0.29) is 29.5 Å². The Kier molecular flexibility index (Phi) is 8.06. The lowest BCUT2D eigenvalue weighted by Gasteiger charge is -2.33. The molecule has 9 nitrogen and oxygen atoms in total. The zero-order chi connectivity index (χ0) is 24.0. The summed E-state index contributed by atoms with van der Waals surface area (Å²) in [5, 5.41) is 2.84. The van der Waals surface area contributed by atoms with Crippen molar-refractivity contribution in [2.75, 3.05) is 46.9 Å². The minimum absolute atomic E-state index is 0.165. The van der Waals surface area contributed by atoms with Crippen LogP contribution in [0.5, 0.6) is 5.75 Å². The predicted molar refractivity (Wildman–Crippen MR) is 123 cm³/mol. The van der Waals surface area contributed by atoms with Gasteiger partial charge in [-0.3, -0.25) is 9.69 Å². The van der Waals surface area contributed by atoms with Gasteiger partial charge in [0.05, 0.1) is 25.7 Å². The molecule has 10 heteroatoms. The summed E-state index contributed by atoms with van der Waals surface area (Å²) in [6.45, 7) is 3.90. The summed E-state index contributed by atoms with van der Waals surface area (Å²) in [7, 11) is -0.777. The van der Waals surface area contributed by atoms with E-state index < -0.39 is 16.0 Å². The maximum absolute atomic E-state index is 12.8. The number of rotatable bonds is 8. The second-order valence-electron chi connectivity index (χ2n) is 7.80. The van der Waals surface area contributed by atoms with Gasteiger partial charge in [-0.05, 0) is 36.8 Å². The van der Waals surface area contributed by atoms with Gasteiger partial charge in [-0.25, -0.2) is 13.2 Å². The molecule has 0 unspecified atom stereocenters. The Bertz CT molecular complexity index is 1090. The molecule has 1 heterocycles. The van der Waals surface area contributed by atoms with E-state index in [0.717, 1.165) is 11.1 Å². The quantitative estimate of drug-likeness (QED) is 0.576. The van der Waals surface area contributed by atoms with Gasteiger partial charge in [-0.2, -0.15) is 4.31 Å². The zero-order valence-corrected chi connectivity index (χ0v) is 19.9. The average Bonchev–Trinajstić information content (AvgIpc) is 2.82. The van der Waals surface area contributed by atoms with Crippen LogP contribution in [0.25, 0.3) is 0 Å². The number of benzene rings is 2. The molecule has 1 aliphatic heterocycles. The van der Waals surface area contributed by atoms with Gasteiger partial charge in [0.2, 0.25) is 15.9 Å². The third kappa shape index (κ3) is 6.10. The van der Waals surface area contributed by atoms with E-state index in [2.05, 4.69) is 5.32 Å². The maximum atomic E-state index is 12.8. The number of carbonyl (C=O) groups is 2. The summed E-state index contributed by atoms with van der Waals surface area (Å²) in [6.07, 6.45) is 0. The number of esters is 1. The van der Waals surface area contributed by atoms with E-state index in [1.54, 1.807) is 42.5 Å². The van der Waals surface area contributed by atoms with Gasteiger partial charge in [0.25, 0.3) is 0 Å². The van der Waals surface area contributed by atoms with Crippen LogP contribution >= 0.6 is 0 Å². The molecule has 0 spiro atoms. The average molecular weight is 476 g/mol. The Labute approximate surface area is 194 Å². The van der Waals surface area contributed by atoms with Crippen LogP contribution in [0.3, 0.4) is 0 Å². The van der Waals surface area contributed by atoms with E-state index in [4.69, 9.17) is 9.47 Å². The molecule has 0 saturated carbocycles. The monoisotopic (exact) mass is 475 g/mol. The number of hydrogen-bond donors (Lipinski definition) is 1. The van der Waals surface area contributed by atoms with Crippen molar-refractivity contribution in [2.45, 2.75) is 18.4 Å². The summed E-state index contributed by atoms with van der Waals surface area (Å²) in [6, 6.07) is 11.8. The molecule has 1 aliphatic rings. The fourth-order valence-corrected chi connectivity index (χ4v) is 5.00. The Hall–Kier alpha value is -2.95. The van der Waals surface area contributed by atoms with E-state index in [9.17, 15) is 18.0 Å². The molecule has 178 valence electrons. The highest BCUT2D eigenvalue weighted by molar-refractivity contribution is 7.89. The van der Waals surface area contributed by atoms with Crippen molar-refractivity contribution in [2.24, 2.45) is 0 Å². The molecule has 0 bridgehead atoms. The van der Waals surface area contributed by atoms with Gasteiger partial charge >= 0.3 is 5.97 Å². The number of ether oxygens (including phenoxy) is 2. The van der Waals surface area contributed by atoms with Crippen LogP contribution in [0, 0.1) is 6.92 Å². The number of aryl methyl sites for hydroxylation is 1. The first-order chi connectivity index (χ1) is 15.7. The lowest BCUT2D eigenvalue weighted by atomic mass is 10.1. The first kappa shape index (κ1) is 24.7. The Morgan fingerprint density at radius 1 is 1.00 bits per heavy atom. The van der Waals surface area contributed by atoms with Crippen LogP contribution in [0.2, 0.25) is 0 Å². The third-order valence-corrected chi connectivity index (χ3v) is 7.43. The predicted octanol–water partition coefficient (Wildman–Crippen LogP) is 1.41. The minimum Gasteiger partial charge on any atom is -0.496 e. The molecule has 0 aromatic heterocycles. The number of methoxy groups -OCH3 is 2. The number of hydrogen-bond acceptors (Lipinski definition) is 7. The van der Waals surface area contributed by atoms with Gasteiger partial charge in [0.1, 0.15) is 11.3 Å². The molecule has 0 aliphatic carbocycles. The van der Waals surface area contributed by atoms with Crippen LogP contribution in [0.1, 0.15) is 21.5 Å². The Morgan fingerprint density at radius 2 is 1.67 bits per heavy atom. The molecule has 2 aromatic carbocycles. The normalized spacial score (nSPS) is 15.1. The first-order valence-corrected chi connectivity index (χ1v) is 12.0. The number of carbonyl (C=O) groups excluding carboxylic acids is 2. The van der Waals surface area contributed by atoms with E-state index in [1.165, 1.54) is 18.5 Å². The fraction of sp³-hybridized carbons (Fsp3) is 0.391. The second kappa shape index (κ2) is 10.8. The molecule has 1 saturated heterocycles. The van der Waals surface area contributed by atoms with Gasteiger partial charge in [-0.15, -0.1) is 0 Å². The van der Waals surface area contributed by atoms with Crippen molar-refractivity contribution >= 4 is 21.9 Å². The van der Waals surface area contributed by atoms with Crippen LogP contribution in [0.4, 0.5) is 0 Å². The zero-order valence-electron chi connectivity index (χ0n) is 19.0. The maximum Gasteiger partial charge on any atom is 0.341 e. The van der Waals surface area contributed by atoms with Crippen molar-refractivity contribution in [1.29, 1.82) is 0 Å². The highest BCUT2D eigenvalue weighted by Crippen LogP contribution is 2.21. The molecule has 1 amide bonds. The fourth-order valence-electron chi connectivity index (χ4n) is 3.58. The standard InChI is InChI=1S/C23H29N3O6S/c1-17-4-7-19(8-5-17)33(29,30)26-12-10-25(11-13-26)16-22(27)24-15-18-6-9-21(31-2)20(14-18)23(28)32-3/h4-9,14H,10-13,15-16H2,1-3H3,(H,24,27). The van der Waals surface area contributed by atoms with Crippen molar-refractivity contribution in [3.63, 3.8) is 0 Å². The lowest BCUT2D eigenvalue weighted by Crippen LogP contribution is -2.50. The molecule has 0 radical (unpaired) electrons. The summed E-state index contributed by atoms with van der Waals surface area (Å²) in [4.78, 5) is 26.5. The van der Waals surface area contributed by atoms with Gasteiger partial charge in [0.15, 0.2) is 0 Å². The Balaban J connectivity index is 1.51. The molecule has 1 N–H and O–H groups in total. The SMILES string of the molecule is COC(=O)c1cc(CNC(=O)CN2CCN(S(=O)(=O)c3ccc(C)cc3)CC2)ccc1OC. The number of piperazine rings is 1. The minimum atomic E-state index is -3.54. The van der Waals surface area contributed by atoms with Gasteiger partial charge in [-0.1, -0.05) is 23.8 Å². The van der Waals surface area contributed by atoms with Crippen molar-refractivity contribution in [3.8, 4) is 5.75 Å². The van der Waals surface area contributed by atoms with Crippen LogP contribution in [0.15, 0.2) is 47.4 Å². The smallest absolute Gasteiger partial charge is 0.341 e. The van der Waals surface area contributed by atoms with Crippen LogP contribution in [-0.2, 0) is 26.1 Å². The molecular weight excluding hydrogens is 446 g/mol. The van der Waals surface area contributed by atoms with Gasteiger partial charge < -0.3 is 14.8 Å². The summed E-state index contributed by atoms with van der Waals surface area (Å²) >= 11 is 0. The van der Waals surface area contributed by atoms with Gasteiger partial charge in [0, 0.05) is 32.7 Å². The second-order valence-corrected chi connectivity index (χ2v) is 9.73. The van der Waals surface area contributed by atoms with Crippen molar-refractivity contribution in [3.05, 3.63) is 59.2 Å². The molecule has 3 rings (SSSR count). The van der Waals surface area contributed by atoms with Crippen LogP contribution < -0.4 is 10.1 Å². The summed E-state index contributed by atoms with van der Waals surface area (Å²) in [5.41, 5.74) is 2.03. The Morgan fingerprint density at radius 3 is 2.27 bits per heavy atom. The first-order valence-electron chi connectivity index (χ1n) is 10.6.